The van der Waals surface area contributed by atoms with Crippen molar-refractivity contribution in [1.29, 1.82) is 0 Å². The summed E-state index contributed by atoms with van der Waals surface area (Å²) in [7, 11) is -3.83. The SMILES string of the molecule is Cc1ccc(S(=O)(=O)O[C@H]2CCN(c3ccc(-n4cc5c(n4)CN(c4cccnc4)C5=O)cn3)C2)cc1. The van der Waals surface area contributed by atoms with Gasteiger partial charge in [0.2, 0.25) is 0 Å². The highest BCUT2D eigenvalue weighted by Crippen LogP contribution is 2.28. The molecular weight excluding hydrogens is 492 g/mol. The van der Waals surface area contributed by atoms with Gasteiger partial charge in [0.15, 0.2) is 0 Å². The van der Waals surface area contributed by atoms with Gasteiger partial charge < -0.3 is 9.80 Å². The number of fused-ring (bicyclic) bond motifs is 1. The molecule has 2 aliphatic rings. The van der Waals surface area contributed by atoms with Crippen LogP contribution < -0.4 is 9.80 Å². The van der Waals surface area contributed by atoms with Gasteiger partial charge in [-0.1, -0.05) is 17.7 Å². The van der Waals surface area contributed by atoms with Gasteiger partial charge in [-0.25, -0.2) is 9.67 Å². The third-order valence-corrected chi connectivity index (χ3v) is 7.95. The second-order valence-corrected chi connectivity index (χ2v) is 10.7. The second kappa shape index (κ2) is 9.09. The molecule has 3 aromatic heterocycles. The van der Waals surface area contributed by atoms with E-state index in [-0.39, 0.29) is 10.8 Å². The molecule has 0 radical (unpaired) electrons. The van der Waals surface area contributed by atoms with Gasteiger partial charge in [0.1, 0.15) is 5.82 Å². The van der Waals surface area contributed by atoms with E-state index >= 15 is 0 Å². The molecule has 0 unspecified atom stereocenters. The molecule has 1 aromatic carbocycles. The van der Waals surface area contributed by atoms with Crippen LogP contribution in [0.4, 0.5) is 11.5 Å². The first kappa shape index (κ1) is 23.3. The van der Waals surface area contributed by atoms with Crippen molar-refractivity contribution in [3.05, 3.63) is 90.1 Å². The number of hydrogen-bond donors (Lipinski definition) is 0. The van der Waals surface area contributed by atoms with E-state index in [1.807, 2.05) is 30.0 Å². The van der Waals surface area contributed by atoms with Crippen LogP contribution in [-0.4, -0.2) is 53.3 Å². The molecule has 11 heteroatoms. The molecule has 188 valence electrons. The summed E-state index contributed by atoms with van der Waals surface area (Å²) >= 11 is 0. The Morgan fingerprint density at radius 2 is 1.86 bits per heavy atom. The molecule has 0 saturated carbocycles. The first-order valence-corrected chi connectivity index (χ1v) is 13.3. The molecule has 1 fully saturated rings. The second-order valence-electron chi connectivity index (χ2n) is 9.13. The van der Waals surface area contributed by atoms with Crippen LogP contribution in [0.2, 0.25) is 0 Å². The fraction of sp³-hybridized carbons (Fsp3) is 0.231. The zero-order valence-corrected chi connectivity index (χ0v) is 20.9. The topological polar surface area (TPSA) is 111 Å². The van der Waals surface area contributed by atoms with E-state index in [0.717, 1.165) is 22.8 Å². The molecule has 4 aromatic rings. The number of benzene rings is 1. The lowest BCUT2D eigenvalue weighted by Crippen LogP contribution is -2.25. The first-order valence-electron chi connectivity index (χ1n) is 11.9. The highest BCUT2D eigenvalue weighted by Gasteiger charge is 2.32. The Balaban J connectivity index is 1.11. The number of aryl methyl sites for hydroxylation is 1. The van der Waals surface area contributed by atoms with E-state index in [2.05, 4.69) is 15.1 Å². The van der Waals surface area contributed by atoms with E-state index in [9.17, 15) is 13.2 Å². The van der Waals surface area contributed by atoms with Crippen molar-refractivity contribution in [2.75, 3.05) is 22.9 Å². The zero-order valence-electron chi connectivity index (χ0n) is 20.1. The molecule has 1 amide bonds. The molecule has 6 rings (SSSR count). The molecule has 1 saturated heterocycles. The van der Waals surface area contributed by atoms with Gasteiger partial charge in [-0.15, -0.1) is 0 Å². The van der Waals surface area contributed by atoms with E-state index in [1.54, 1.807) is 64.7 Å². The monoisotopic (exact) mass is 516 g/mol. The average molecular weight is 517 g/mol. The van der Waals surface area contributed by atoms with Gasteiger partial charge in [-0.2, -0.15) is 13.5 Å². The number of pyridine rings is 2. The Bertz CT molecular complexity index is 1550. The minimum Gasteiger partial charge on any atom is -0.354 e. The van der Waals surface area contributed by atoms with Crippen molar-refractivity contribution in [1.82, 2.24) is 19.7 Å². The number of carbonyl (C=O) groups is 1. The summed E-state index contributed by atoms with van der Waals surface area (Å²) in [6.45, 7) is 3.35. The molecule has 5 heterocycles. The minimum absolute atomic E-state index is 0.109. The molecule has 10 nitrogen and oxygen atoms in total. The maximum Gasteiger partial charge on any atom is 0.297 e. The van der Waals surface area contributed by atoms with Gasteiger partial charge in [0.05, 0.1) is 52.6 Å². The fourth-order valence-corrected chi connectivity index (χ4v) is 5.68. The van der Waals surface area contributed by atoms with Crippen molar-refractivity contribution < 1.29 is 17.4 Å². The molecule has 0 spiro atoms. The molecule has 0 bridgehead atoms. The molecule has 1 atom stereocenters. The lowest BCUT2D eigenvalue weighted by molar-refractivity contribution is 0.0996. The maximum absolute atomic E-state index is 12.9. The van der Waals surface area contributed by atoms with Crippen LogP contribution in [0.1, 0.15) is 28.0 Å². The van der Waals surface area contributed by atoms with E-state index < -0.39 is 16.2 Å². The Morgan fingerprint density at radius 1 is 1.03 bits per heavy atom. The standard InChI is InChI=1S/C26H24N6O4S/c1-18-4-7-22(8-5-18)37(34,35)36-21-10-12-30(15-21)25-9-6-20(14-28-25)32-16-23-24(29-32)17-31(26(23)33)19-3-2-11-27-13-19/h2-9,11,13-14,16,21H,10,12,15,17H2,1H3/t21-/m0/s1. The number of nitrogens with zero attached hydrogens (tertiary/aromatic N) is 6. The summed E-state index contributed by atoms with van der Waals surface area (Å²) in [5.74, 6) is 0.614. The van der Waals surface area contributed by atoms with Crippen LogP contribution in [0, 0.1) is 6.92 Å². The number of aromatic nitrogens is 4. The Hall–Kier alpha value is -4.09. The van der Waals surface area contributed by atoms with Gasteiger partial charge in [0.25, 0.3) is 16.0 Å². The summed E-state index contributed by atoms with van der Waals surface area (Å²) in [6.07, 6.45) is 6.87. The third-order valence-electron chi connectivity index (χ3n) is 6.57. The number of amides is 1. The Kier molecular flexibility index (Phi) is 5.73. The van der Waals surface area contributed by atoms with Crippen LogP contribution in [0.25, 0.3) is 5.69 Å². The lowest BCUT2D eigenvalue weighted by atomic mass is 10.2. The van der Waals surface area contributed by atoms with Crippen molar-refractivity contribution in [2.45, 2.75) is 30.9 Å². The van der Waals surface area contributed by atoms with E-state index in [1.165, 1.54) is 0 Å². The number of carbonyl (C=O) groups excluding carboxylic acids is 1. The molecule has 0 aliphatic carbocycles. The fourth-order valence-electron chi connectivity index (χ4n) is 4.58. The average Bonchev–Trinajstić information content (AvgIpc) is 3.61. The molecule has 2 aliphatic heterocycles. The van der Waals surface area contributed by atoms with Crippen LogP contribution in [-0.2, 0) is 20.8 Å². The van der Waals surface area contributed by atoms with Crippen LogP contribution in [0.5, 0.6) is 0 Å². The quantitative estimate of drug-likeness (QED) is 0.360. The molecular formula is C26H24N6O4S. The van der Waals surface area contributed by atoms with Crippen molar-refractivity contribution in [2.24, 2.45) is 0 Å². The predicted octanol–water partition coefficient (Wildman–Crippen LogP) is 3.12. The van der Waals surface area contributed by atoms with Crippen LogP contribution in [0.15, 0.2) is 78.2 Å². The predicted molar refractivity (Wildman–Crippen MR) is 136 cm³/mol. The number of hydrogen-bond acceptors (Lipinski definition) is 8. The largest absolute Gasteiger partial charge is 0.354 e. The first-order chi connectivity index (χ1) is 17.9. The Labute approximate surface area is 214 Å². The van der Waals surface area contributed by atoms with Crippen LogP contribution in [0.3, 0.4) is 0 Å². The highest BCUT2D eigenvalue weighted by molar-refractivity contribution is 7.86. The maximum atomic E-state index is 12.9. The number of anilines is 2. The lowest BCUT2D eigenvalue weighted by Gasteiger charge is -2.18. The summed E-state index contributed by atoms with van der Waals surface area (Å²) in [4.78, 5) is 25.3. The zero-order chi connectivity index (χ0) is 25.6. The van der Waals surface area contributed by atoms with Crippen molar-refractivity contribution in [3.8, 4) is 5.69 Å². The van der Waals surface area contributed by atoms with Gasteiger partial charge in [-0.3, -0.25) is 14.0 Å². The van der Waals surface area contributed by atoms with E-state index in [4.69, 9.17) is 4.18 Å². The Morgan fingerprint density at radius 3 is 2.57 bits per heavy atom. The summed E-state index contributed by atoms with van der Waals surface area (Å²) < 4.78 is 32.4. The van der Waals surface area contributed by atoms with Gasteiger partial charge >= 0.3 is 0 Å². The van der Waals surface area contributed by atoms with Crippen molar-refractivity contribution in [3.63, 3.8) is 0 Å². The normalized spacial score (nSPS) is 17.4. The molecule has 0 N–H and O–H groups in total. The third kappa shape index (κ3) is 4.47. The molecule has 37 heavy (non-hydrogen) atoms. The smallest absolute Gasteiger partial charge is 0.297 e. The van der Waals surface area contributed by atoms with Crippen molar-refractivity contribution >= 4 is 27.5 Å². The van der Waals surface area contributed by atoms with Gasteiger partial charge in [0, 0.05) is 25.5 Å². The summed E-state index contributed by atoms with van der Waals surface area (Å²) in [5.41, 5.74) is 3.71. The highest BCUT2D eigenvalue weighted by atomic mass is 32.2. The summed E-state index contributed by atoms with van der Waals surface area (Å²) in [6, 6.07) is 14.0. The number of rotatable bonds is 6. The van der Waals surface area contributed by atoms with E-state index in [0.29, 0.717) is 37.3 Å². The van der Waals surface area contributed by atoms with Crippen LogP contribution >= 0.6 is 0 Å². The summed E-state index contributed by atoms with van der Waals surface area (Å²) in [5, 5.41) is 4.59. The minimum atomic E-state index is -3.83. The van der Waals surface area contributed by atoms with Gasteiger partial charge in [-0.05, 0) is 49.7 Å².